The van der Waals surface area contributed by atoms with Crippen LogP contribution >= 0.6 is 0 Å². The number of aromatic amines is 1. The van der Waals surface area contributed by atoms with Crippen LogP contribution in [0.4, 0.5) is 0 Å². The smallest absolute Gasteiger partial charge is 0.339 e. The zero-order valence-corrected chi connectivity index (χ0v) is 10.3. The van der Waals surface area contributed by atoms with Crippen molar-refractivity contribution in [2.24, 2.45) is 0 Å². The van der Waals surface area contributed by atoms with Crippen LogP contribution in [-0.4, -0.2) is 29.8 Å². The maximum absolute atomic E-state index is 11.5. The summed E-state index contributed by atoms with van der Waals surface area (Å²) in [5.74, 6) is 0.0655. The minimum atomic E-state index is -1.27. The number of aliphatic hydroxyl groups is 1. The molecular weight excluding hydrogens is 234 g/mol. The number of fused-ring (bicyclic) bond motifs is 1. The Kier molecular flexibility index (Phi) is 3.53. The van der Waals surface area contributed by atoms with E-state index in [-0.39, 0.29) is 6.61 Å². The molecule has 2 N–H and O–H groups in total. The summed E-state index contributed by atoms with van der Waals surface area (Å²) >= 11 is 0. The molecule has 0 fully saturated rings. The van der Waals surface area contributed by atoms with Gasteiger partial charge in [0.05, 0.1) is 13.7 Å². The van der Waals surface area contributed by atoms with E-state index in [1.165, 1.54) is 0 Å². The van der Waals surface area contributed by atoms with Crippen molar-refractivity contribution in [3.8, 4) is 5.75 Å². The van der Waals surface area contributed by atoms with Gasteiger partial charge in [-0.1, -0.05) is 0 Å². The Bertz CT molecular complexity index is 561. The third-order valence-corrected chi connectivity index (χ3v) is 2.73. The predicted molar refractivity (Wildman–Crippen MR) is 66.4 cm³/mol. The van der Waals surface area contributed by atoms with Gasteiger partial charge in [0.25, 0.3) is 0 Å². The number of rotatable bonds is 4. The molecule has 18 heavy (non-hydrogen) atoms. The number of carbonyl (C=O) groups excluding carboxylic acids is 1. The quantitative estimate of drug-likeness (QED) is 0.810. The Morgan fingerprint density at radius 1 is 1.50 bits per heavy atom. The van der Waals surface area contributed by atoms with Crippen LogP contribution in [0.1, 0.15) is 18.6 Å². The second-order valence-electron chi connectivity index (χ2n) is 3.81. The fourth-order valence-electron chi connectivity index (χ4n) is 1.83. The molecule has 0 radical (unpaired) electrons. The normalized spacial score (nSPS) is 12.4. The zero-order chi connectivity index (χ0) is 13.1. The molecule has 1 atom stereocenters. The van der Waals surface area contributed by atoms with Crippen molar-refractivity contribution in [2.45, 2.75) is 13.0 Å². The van der Waals surface area contributed by atoms with E-state index in [0.29, 0.717) is 11.3 Å². The Morgan fingerprint density at radius 2 is 2.28 bits per heavy atom. The second kappa shape index (κ2) is 5.10. The molecule has 0 aliphatic heterocycles. The number of ether oxygens (including phenoxy) is 2. The van der Waals surface area contributed by atoms with Crippen LogP contribution in [0.3, 0.4) is 0 Å². The van der Waals surface area contributed by atoms with Crippen LogP contribution in [0.15, 0.2) is 24.4 Å². The molecular formula is C13H15NO4. The van der Waals surface area contributed by atoms with E-state index in [0.717, 1.165) is 10.9 Å². The van der Waals surface area contributed by atoms with E-state index in [1.807, 2.05) is 0 Å². The zero-order valence-electron chi connectivity index (χ0n) is 10.3. The summed E-state index contributed by atoms with van der Waals surface area (Å²) in [6, 6.07) is 5.37. The lowest BCUT2D eigenvalue weighted by molar-refractivity contribution is -0.153. The number of hydrogen-bond acceptors (Lipinski definition) is 4. The van der Waals surface area contributed by atoms with Crippen LogP contribution in [0, 0.1) is 0 Å². The van der Waals surface area contributed by atoms with Crippen LogP contribution < -0.4 is 4.74 Å². The van der Waals surface area contributed by atoms with Crippen LogP contribution in [0.5, 0.6) is 5.75 Å². The number of esters is 1. The van der Waals surface area contributed by atoms with Crippen molar-refractivity contribution in [3.63, 3.8) is 0 Å². The first-order valence-corrected chi connectivity index (χ1v) is 5.67. The Labute approximate surface area is 104 Å². The number of nitrogens with one attached hydrogen (secondary N) is 1. The molecule has 0 bridgehead atoms. The molecule has 0 aliphatic carbocycles. The molecule has 0 saturated carbocycles. The maximum Gasteiger partial charge on any atom is 0.339 e. The van der Waals surface area contributed by atoms with Crippen molar-refractivity contribution in [3.05, 3.63) is 30.0 Å². The number of aliphatic hydroxyl groups excluding tert-OH is 1. The highest BCUT2D eigenvalue weighted by molar-refractivity contribution is 5.89. The molecule has 5 heteroatoms. The van der Waals surface area contributed by atoms with Gasteiger partial charge >= 0.3 is 5.97 Å². The molecule has 0 aliphatic rings. The third kappa shape index (κ3) is 2.17. The van der Waals surface area contributed by atoms with E-state index in [4.69, 9.17) is 9.47 Å². The Hall–Kier alpha value is -2.01. The largest absolute Gasteiger partial charge is 0.497 e. The van der Waals surface area contributed by atoms with Gasteiger partial charge in [-0.15, -0.1) is 0 Å². The maximum atomic E-state index is 11.5. The first-order chi connectivity index (χ1) is 8.67. The molecule has 0 amide bonds. The molecule has 2 rings (SSSR count). The molecule has 96 valence electrons. The Morgan fingerprint density at radius 3 is 2.94 bits per heavy atom. The Balaban J connectivity index is 2.37. The lowest BCUT2D eigenvalue weighted by atomic mass is 10.1. The second-order valence-corrected chi connectivity index (χ2v) is 3.81. The van der Waals surface area contributed by atoms with E-state index in [9.17, 15) is 9.90 Å². The predicted octanol–water partition coefficient (Wildman–Crippen LogP) is 1.77. The van der Waals surface area contributed by atoms with Gasteiger partial charge in [0.2, 0.25) is 0 Å². The highest BCUT2D eigenvalue weighted by Crippen LogP contribution is 2.27. The van der Waals surface area contributed by atoms with Crippen molar-refractivity contribution < 1.29 is 19.4 Å². The fourth-order valence-corrected chi connectivity index (χ4v) is 1.83. The minimum Gasteiger partial charge on any atom is -0.497 e. The lowest BCUT2D eigenvalue weighted by Gasteiger charge is -2.08. The average Bonchev–Trinajstić information content (AvgIpc) is 2.80. The minimum absolute atomic E-state index is 0.242. The summed E-state index contributed by atoms with van der Waals surface area (Å²) in [6.45, 7) is 1.94. The summed E-state index contributed by atoms with van der Waals surface area (Å²) in [5.41, 5.74) is 1.30. The van der Waals surface area contributed by atoms with E-state index in [1.54, 1.807) is 38.4 Å². The summed E-state index contributed by atoms with van der Waals surface area (Å²) in [5, 5.41) is 10.7. The number of aromatic nitrogens is 1. The summed E-state index contributed by atoms with van der Waals surface area (Å²) in [7, 11) is 1.58. The number of methoxy groups -OCH3 is 1. The average molecular weight is 249 g/mol. The summed E-state index contributed by atoms with van der Waals surface area (Å²) < 4.78 is 9.90. The lowest BCUT2D eigenvalue weighted by Crippen LogP contribution is -2.14. The van der Waals surface area contributed by atoms with Gasteiger partial charge in [-0.2, -0.15) is 0 Å². The molecule has 1 aromatic heterocycles. The highest BCUT2D eigenvalue weighted by Gasteiger charge is 2.21. The van der Waals surface area contributed by atoms with Crippen molar-refractivity contribution >= 4 is 16.9 Å². The van der Waals surface area contributed by atoms with E-state index in [2.05, 4.69) is 4.98 Å². The SMILES string of the molecule is CCOC(=O)C(O)c1c[nH]c2cc(OC)ccc12. The summed E-state index contributed by atoms with van der Waals surface area (Å²) in [6.07, 6.45) is 0.332. The van der Waals surface area contributed by atoms with E-state index >= 15 is 0 Å². The van der Waals surface area contributed by atoms with Gasteiger partial charge in [0.1, 0.15) is 5.75 Å². The van der Waals surface area contributed by atoms with Gasteiger partial charge in [0, 0.05) is 28.7 Å². The molecule has 1 unspecified atom stereocenters. The number of carbonyl (C=O) groups is 1. The summed E-state index contributed by atoms with van der Waals surface area (Å²) in [4.78, 5) is 14.5. The van der Waals surface area contributed by atoms with Gasteiger partial charge in [-0.25, -0.2) is 4.79 Å². The number of benzene rings is 1. The molecule has 5 nitrogen and oxygen atoms in total. The first-order valence-electron chi connectivity index (χ1n) is 5.67. The van der Waals surface area contributed by atoms with E-state index < -0.39 is 12.1 Å². The molecule has 0 spiro atoms. The molecule has 1 aromatic carbocycles. The standard InChI is InChI=1S/C13H15NO4/c1-3-18-13(16)12(15)10-7-14-11-6-8(17-2)4-5-9(10)11/h4-7,12,14-15H,3H2,1-2H3. The number of hydrogen-bond donors (Lipinski definition) is 2. The van der Waals surface area contributed by atoms with Gasteiger partial charge in [-0.3, -0.25) is 0 Å². The molecule has 1 heterocycles. The molecule has 2 aromatic rings. The van der Waals surface area contributed by atoms with Crippen molar-refractivity contribution in [2.75, 3.05) is 13.7 Å². The highest BCUT2D eigenvalue weighted by atomic mass is 16.5. The van der Waals surface area contributed by atoms with Crippen LogP contribution in [0.2, 0.25) is 0 Å². The van der Waals surface area contributed by atoms with Crippen LogP contribution in [-0.2, 0) is 9.53 Å². The first kappa shape index (κ1) is 12.4. The topological polar surface area (TPSA) is 71.5 Å². The van der Waals surface area contributed by atoms with Gasteiger partial charge in [-0.05, 0) is 19.1 Å². The van der Waals surface area contributed by atoms with Crippen molar-refractivity contribution in [1.29, 1.82) is 0 Å². The molecule has 0 saturated heterocycles. The fraction of sp³-hybridized carbons (Fsp3) is 0.308. The van der Waals surface area contributed by atoms with Gasteiger partial charge < -0.3 is 19.6 Å². The van der Waals surface area contributed by atoms with Crippen LogP contribution in [0.25, 0.3) is 10.9 Å². The van der Waals surface area contributed by atoms with Gasteiger partial charge in [0.15, 0.2) is 6.10 Å². The monoisotopic (exact) mass is 249 g/mol. The number of H-pyrrole nitrogens is 1. The van der Waals surface area contributed by atoms with Crippen molar-refractivity contribution in [1.82, 2.24) is 4.98 Å². The third-order valence-electron chi connectivity index (χ3n) is 2.73.